The Kier molecular flexibility index (Phi) is 4.47. The number of anilines is 1. The summed E-state index contributed by atoms with van der Waals surface area (Å²) in [4.78, 5) is 16.1. The Labute approximate surface area is 122 Å². The summed E-state index contributed by atoms with van der Waals surface area (Å²) in [5, 5.41) is 0. The van der Waals surface area contributed by atoms with E-state index < -0.39 is 0 Å². The Balaban J connectivity index is 2.22. The summed E-state index contributed by atoms with van der Waals surface area (Å²) in [5.74, 6) is 0.159. The molecule has 1 unspecified atom stereocenters. The van der Waals surface area contributed by atoms with Crippen molar-refractivity contribution in [2.75, 3.05) is 31.6 Å². The van der Waals surface area contributed by atoms with Crippen molar-refractivity contribution < 1.29 is 4.79 Å². The Bertz CT molecular complexity index is 478. The van der Waals surface area contributed by atoms with Crippen molar-refractivity contribution >= 4 is 27.5 Å². The van der Waals surface area contributed by atoms with E-state index in [1.165, 1.54) is 5.56 Å². The number of hydrogen-bond donors (Lipinski definition) is 1. The molecule has 1 amide bonds. The predicted molar refractivity (Wildman–Crippen MR) is 81.3 cm³/mol. The second-order valence-corrected chi connectivity index (χ2v) is 5.96. The van der Waals surface area contributed by atoms with Gasteiger partial charge in [-0.25, -0.2) is 0 Å². The Morgan fingerprint density at radius 3 is 2.84 bits per heavy atom. The Morgan fingerprint density at radius 2 is 2.21 bits per heavy atom. The molecule has 1 aromatic carbocycles. The molecule has 1 aliphatic rings. The molecule has 4 nitrogen and oxygen atoms in total. The van der Waals surface area contributed by atoms with Gasteiger partial charge in [0.15, 0.2) is 0 Å². The van der Waals surface area contributed by atoms with Crippen molar-refractivity contribution in [3.8, 4) is 0 Å². The van der Waals surface area contributed by atoms with E-state index in [9.17, 15) is 4.79 Å². The van der Waals surface area contributed by atoms with Crippen LogP contribution >= 0.6 is 15.9 Å². The second kappa shape index (κ2) is 5.92. The van der Waals surface area contributed by atoms with Gasteiger partial charge in [-0.2, -0.15) is 0 Å². The molecule has 1 heterocycles. The molecule has 1 aromatic rings. The topological polar surface area (TPSA) is 49.6 Å². The highest BCUT2D eigenvalue weighted by Crippen LogP contribution is 2.26. The van der Waals surface area contributed by atoms with Crippen molar-refractivity contribution in [1.82, 2.24) is 4.90 Å². The third-order valence-corrected chi connectivity index (χ3v) is 4.19. The molecule has 0 radical (unpaired) electrons. The van der Waals surface area contributed by atoms with Crippen LogP contribution in [0.4, 0.5) is 5.69 Å². The summed E-state index contributed by atoms with van der Waals surface area (Å²) in [6.07, 6.45) is 0.842. The molecule has 0 spiro atoms. The van der Waals surface area contributed by atoms with Crippen molar-refractivity contribution in [1.29, 1.82) is 0 Å². The summed E-state index contributed by atoms with van der Waals surface area (Å²) in [7, 11) is 1.87. The molecule has 104 valence electrons. The number of piperazine rings is 1. The van der Waals surface area contributed by atoms with Gasteiger partial charge in [-0.15, -0.1) is 0 Å². The average Bonchev–Trinajstić information content (AvgIpc) is 2.35. The van der Waals surface area contributed by atoms with E-state index in [0.29, 0.717) is 13.1 Å². The minimum Gasteiger partial charge on any atom is -0.360 e. The molecule has 2 rings (SSSR count). The van der Waals surface area contributed by atoms with Crippen LogP contribution in [0.15, 0.2) is 22.7 Å². The molecule has 1 fully saturated rings. The largest absolute Gasteiger partial charge is 0.360 e. The summed E-state index contributed by atoms with van der Waals surface area (Å²) in [5.41, 5.74) is 7.95. The molecule has 19 heavy (non-hydrogen) atoms. The standard InChI is InChI=1S/C14H20BrN3O/c1-10-7-11(15)3-4-13(10)18-8-12(5-6-16)17(2)14(19)9-18/h3-4,7,12H,5-6,8-9,16H2,1-2H3. The number of carbonyl (C=O) groups is 1. The van der Waals surface area contributed by atoms with E-state index in [-0.39, 0.29) is 11.9 Å². The van der Waals surface area contributed by atoms with Gasteiger partial charge in [-0.3, -0.25) is 4.79 Å². The maximum Gasteiger partial charge on any atom is 0.242 e. The SMILES string of the molecule is Cc1cc(Br)ccc1N1CC(=O)N(C)C(CCN)C1. The smallest absolute Gasteiger partial charge is 0.242 e. The van der Waals surface area contributed by atoms with Crippen LogP contribution in [0.2, 0.25) is 0 Å². The fourth-order valence-electron chi connectivity index (χ4n) is 2.55. The highest BCUT2D eigenvalue weighted by molar-refractivity contribution is 9.10. The van der Waals surface area contributed by atoms with Gasteiger partial charge in [-0.05, 0) is 43.7 Å². The van der Waals surface area contributed by atoms with E-state index in [0.717, 1.165) is 23.1 Å². The molecule has 0 aromatic heterocycles. The molecule has 0 aliphatic carbocycles. The maximum atomic E-state index is 12.1. The van der Waals surface area contributed by atoms with Crippen LogP contribution in [0.3, 0.4) is 0 Å². The van der Waals surface area contributed by atoms with Crippen LogP contribution < -0.4 is 10.6 Å². The predicted octanol–water partition coefficient (Wildman–Crippen LogP) is 1.75. The molecular weight excluding hydrogens is 306 g/mol. The van der Waals surface area contributed by atoms with Crippen LogP contribution in [0.5, 0.6) is 0 Å². The van der Waals surface area contributed by atoms with E-state index in [4.69, 9.17) is 5.73 Å². The molecule has 1 aliphatic heterocycles. The molecule has 1 saturated heterocycles. The molecule has 1 atom stereocenters. The van der Waals surface area contributed by atoms with Gasteiger partial charge in [0.2, 0.25) is 5.91 Å². The molecular formula is C14H20BrN3O. The number of carbonyl (C=O) groups excluding carboxylic acids is 1. The second-order valence-electron chi connectivity index (χ2n) is 5.05. The van der Waals surface area contributed by atoms with Crippen LogP contribution in [0, 0.1) is 6.92 Å². The summed E-state index contributed by atoms with van der Waals surface area (Å²) in [6.45, 7) is 3.97. The fraction of sp³-hybridized carbons (Fsp3) is 0.500. The number of halogens is 1. The third-order valence-electron chi connectivity index (χ3n) is 3.70. The number of benzene rings is 1. The third kappa shape index (κ3) is 3.09. The molecule has 5 heteroatoms. The molecule has 0 saturated carbocycles. The van der Waals surface area contributed by atoms with E-state index in [2.05, 4.69) is 39.9 Å². The van der Waals surface area contributed by atoms with Gasteiger partial charge >= 0.3 is 0 Å². The minimum absolute atomic E-state index is 0.159. The number of amides is 1. The Morgan fingerprint density at radius 1 is 1.47 bits per heavy atom. The first-order valence-corrected chi connectivity index (χ1v) is 7.29. The molecule has 0 bridgehead atoms. The number of nitrogens with two attached hydrogens (primary N) is 1. The zero-order valence-corrected chi connectivity index (χ0v) is 13.0. The van der Waals surface area contributed by atoms with E-state index in [1.54, 1.807) is 0 Å². The summed E-state index contributed by atoms with van der Waals surface area (Å²) in [6, 6.07) is 6.37. The van der Waals surface area contributed by atoms with Gasteiger partial charge in [0.1, 0.15) is 0 Å². The quantitative estimate of drug-likeness (QED) is 0.921. The highest BCUT2D eigenvalue weighted by atomic mass is 79.9. The van der Waals surface area contributed by atoms with Crippen molar-refractivity contribution in [3.05, 3.63) is 28.2 Å². The lowest BCUT2D eigenvalue weighted by atomic mass is 10.1. The fourth-order valence-corrected chi connectivity index (χ4v) is 3.03. The van der Waals surface area contributed by atoms with E-state index >= 15 is 0 Å². The number of nitrogens with zero attached hydrogens (tertiary/aromatic N) is 2. The van der Waals surface area contributed by atoms with Gasteiger partial charge in [-0.1, -0.05) is 15.9 Å². The van der Waals surface area contributed by atoms with Crippen molar-refractivity contribution in [3.63, 3.8) is 0 Å². The highest BCUT2D eigenvalue weighted by Gasteiger charge is 2.29. The zero-order valence-electron chi connectivity index (χ0n) is 11.4. The van der Waals surface area contributed by atoms with E-state index in [1.807, 2.05) is 18.0 Å². The first kappa shape index (κ1) is 14.3. The van der Waals surface area contributed by atoms with Gasteiger partial charge in [0.05, 0.1) is 12.6 Å². The monoisotopic (exact) mass is 325 g/mol. The van der Waals surface area contributed by atoms with Crippen LogP contribution in [-0.2, 0) is 4.79 Å². The minimum atomic E-state index is 0.159. The first-order chi connectivity index (χ1) is 9.02. The average molecular weight is 326 g/mol. The maximum absolute atomic E-state index is 12.1. The number of aryl methyl sites for hydroxylation is 1. The van der Waals surface area contributed by atoms with Crippen molar-refractivity contribution in [2.24, 2.45) is 5.73 Å². The number of likely N-dealkylation sites (N-methyl/N-ethyl adjacent to an activating group) is 1. The van der Waals surface area contributed by atoms with Gasteiger partial charge < -0.3 is 15.5 Å². The lowest BCUT2D eigenvalue weighted by Gasteiger charge is -2.40. The summed E-state index contributed by atoms with van der Waals surface area (Å²) >= 11 is 3.47. The lowest BCUT2D eigenvalue weighted by Crippen LogP contribution is -2.55. The van der Waals surface area contributed by atoms with Gasteiger partial charge in [0.25, 0.3) is 0 Å². The van der Waals surface area contributed by atoms with Gasteiger partial charge in [0, 0.05) is 23.8 Å². The number of hydrogen-bond acceptors (Lipinski definition) is 3. The summed E-state index contributed by atoms with van der Waals surface area (Å²) < 4.78 is 1.06. The zero-order chi connectivity index (χ0) is 14.0. The van der Waals surface area contributed by atoms with Crippen molar-refractivity contribution in [2.45, 2.75) is 19.4 Å². The van der Waals surface area contributed by atoms with Crippen LogP contribution in [-0.4, -0.2) is 43.5 Å². The number of rotatable bonds is 3. The lowest BCUT2D eigenvalue weighted by molar-refractivity contribution is -0.132. The molecule has 2 N–H and O–H groups in total. The Hall–Kier alpha value is -1.07. The first-order valence-electron chi connectivity index (χ1n) is 6.49. The normalized spacial score (nSPS) is 20.0. The van der Waals surface area contributed by atoms with Crippen LogP contribution in [0.25, 0.3) is 0 Å². The van der Waals surface area contributed by atoms with Crippen LogP contribution in [0.1, 0.15) is 12.0 Å².